The molecule has 0 radical (unpaired) electrons. The van der Waals surface area contributed by atoms with E-state index in [2.05, 4.69) is 10.5 Å². The van der Waals surface area contributed by atoms with Crippen molar-refractivity contribution in [3.05, 3.63) is 51.1 Å². The number of ether oxygens (including phenoxy) is 3. The molecule has 1 aliphatic rings. The van der Waals surface area contributed by atoms with Crippen LogP contribution in [-0.4, -0.2) is 54.5 Å². The van der Waals surface area contributed by atoms with E-state index in [-0.39, 0.29) is 6.61 Å². The summed E-state index contributed by atoms with van der Waals surface area (Å²) >= 11 is 5.91. The molecule has 0 aromatic heterocycles. The standard InChI is InChI=1S/C22H23IN2O6S2/c1-2-29-18-10-14(9-17(23)21(18)31-13-20(27)28)11-24-25-19(26)12-30-16-5-3-15(4-6-16)22-32-7-8-33-22/h3-6,9-11,22H,2,7-8,12-13H2,1H3,(H,25,26)(H,27,28)/b24-11-. The summed E-state index contributed by atoms with van der Waals surface area (Å²) in [5, 5.41) is 12.8. The highest BCUT2D eigenvalue weighted by molar-refractivity contribution is 14.1. The molecule has 1 aliphatic heterocycles. The zero-order chi connectivity index (χ0) is 23.6. The largest absolute Gasteiger partial charge is 0.490 e. The molecule has 11 heteroatoms. The molecule has 0 spiro atoms. The number of nitrogens with one attached hydrogen (secondary N) is 1. The number of carbonyl (C=O) groups is 2. The van der Waals surface area contributed by atoms with E-state index >= 15 is 0 Å². The maximum Gasteiger partial charge on any atom is 0.341 e. The molecular formula is C22H23IN2O6S2. The summed E-state index contributed by atoms with van der Waals surface area (Å²) in [6.45, 7) is 1.57. The van der Waals surface area contributed by atoms with Gasteiger partial charge >= 0.3 is 5.97 Å². The van der Waals surface area contributed by atoms with E-state index in [9.17, 15) is 9.59 Å². The van der Waals surface area contributed by atoms with Crippen LogP contribution in [0.4, 0.5) is 0 Å². The van der Waals surface area contributed by atoms with Crippen LogP contribution in [-0.2, 0) is 9.59 Å². The summed E-state index contributed by atoms with van der Waals surface area (Å²) in [6.07, 6.45) is 1.47. The molecule has 33 heavy (non-hydrogen) atoms. The number of rotatable bonds is 11. The van der Waals surface area contributed by atoms with Crippen molar-refractivity contribution in [2.24, 2.45) is 5.10 Å². The Morgan fingerprint density at radius 3 is 2.55 bits per heavy atom. The third-order valence-electron chi connectivity index (χ3n) is 4.22. The predicted octanol–water partition coefficient (Wildman–Crippen LogP) is 4.16. The van der Waals surface area contributed by atoms with Gasteiger partial charge in [0.15, 0.2) is 24.7 Å². The van der Waals surface area contributed by atoms with Gasteiger partial charge in [0, 0.05) is 11.5 Å². The number of halogens is 1. The van der Waals surface area contributed by atoms with E-state index in [0.717, 1.165) is 0 Å². The van der Waals surface area contributed by atoms with Crippen molar-refractivity contribution in [3.63, 3.8) is 0 Å². The minimum atomic E-state index is -1.08. The van der Waals surface area contributed by atoms with Gasteiger partial charge in [-0.05, 0) is 64.9 Å². The van der Waals surface area contributed by atoms with Gasteiger partial charge in [0.25, 0.3) is 5.91 Å². The maximum absolute atomic E-state index is 12.1. The lowest BCUT2D eigenvalue weighted by Gasteiger charge is -2.13. The van der Waals surface area contributed by atoms with Gasteiger partial charge in [-0.15, -0.1) is 23.5 Å². The number of aliphatic carboxylic acids is 1. The first-order valence-electron chi connectivity index (χ1n) is 10.0. The number of hydrogen-bond donors (Lipinski definition) is 2. The average molecular weight is 602 g/mol. The SMILES string of the molecule is CCOc1cc(/C=N\NC(=O)COc2ccc(C3SCCS3)cc2)cc(I)c1OCC(=O)O. The molecule has 8 nitrogen and oxygen atoms in total. The molecule has 1 amide bonds. The second-order valence-electron chi connectivity index (χ2n) is 6.67. The van der Waals surface area contributed by atoms with Crippen molar-refractivity contribution in [3.8, 4) is 17.2 Å². The lowest BCUT2D eigenvalue weighted by atomic mass is 10.2. The smallest absolute Gasteiger partial charge is 0.341 e. The highest BCUT2D eigenvalue weighted by Gasteiger charge is 2.18. The molecule has 1 fully saturated rings. The van der Waals surface area contributed by atoms with Gasteiger partial charge in [0.1, 0.15) is 5.75 Å². The second-order valence-corrected chi connectivity index (χ2v) is 10.6. The van der Waals surface area contributed by atoms with Crippen molar-refractivity contribution in [2.45, 2.75) is 11.5 Å². The molecule has 3 rings (SSSR count). The molecule has 0 bridgehead atoms. The lowest BCUT2D eigenvalue weighted by Crippen LogP contribution is -2.24. The summed E-state index contributed by atoms with van der Waals surface area (Å²) < 4.78 is 17.5. The van der Waals surface area contributed by atoms with Gasteiger partial charge in [-0.2, -0.15) is 5.10 Å². The van der Waals surface area contributed by atoms with Gasteiger partial charge < -0.3 is 19.3 Å². The molecular weight excluding hydrogens is 579 g/mol. The van der Waals surface area contributed by atoms with E-state index in [4.69, 9.17) is 19.3 Å². The van der Waals surface area contributed by atoms with Crippen LogP contribution in [0, 0.1) is 3.57 Å². The van der Waals surface area contributed by atoms with Gasteiger partial charge in [0.05, 0.1) is 21.0 Å². The van der Waals surface area contributed by atoms with Crippen molar-refractivity contribution < 1.29 is 28.9 Å². The Hall–Kier alpha value is -2.12. The zero-order valence-electron chi connectivity index (χ0n) is 17.8. The summed E-state index contributed by atoms with van der Waals surface area (Å²) in [5.74, 6) is 2.25. The number of nitrogens with zero attached hydrogens (tertiary/aromatic N) is 1. The van der Waals surface area contributed by atoms with Crippen LogP contribution in [0.1, 0.15) is 22.6 Å². The normalized spacial score (nSPS) is 13.8. The molecule has 2 aromatic carbocycles. The van der Waals surface area contributed by atoms with E-state index in [1.807, 2.05) is 77.3 Å². The highest BCUT2D eigenvalue weighted by atomic mass is 127. The molecule has 0 aliphatic carbocycles. The maximum atomic E-state index is 12.1. The number of thioether (sulfide) groups is 2. The fourth-order valence-electron chi connectivity index (χ4n) is 2.83. The van der Waals surface area contributed by atoms with Crippen LogP contribution in [0.3, 0.4) is 0 Å². The first-order valence-corrected chi connectivity index (χ1v) is 13.2. The number of hydrazone groups is 1. The van der Waals surface area contributed by atoms with Gasteiger partial charge in [-0.1, -0.05) is 12.1 Å². The number of hydrogen-bond acceptors (Lipinski definition) is 8. The fraction of sp³-hybridized carbons (Fsp3) is 0.318. The predicted molar refractivity (Wildman–Crippen MR) is 139 cm³/mol. The summed E-state index contributed by atoms with van der Waals surface area (Å²) in [6, 6.07) is 11.2. The van der Waals surface area contributed by atoms with Gasteiger partial charge in [-0.25, -0.2) is 10.2 Å². The third kappa shape index (κ3) is 8.00. The van der Waals surface area contributed by atoms with Crippen LogP contribution in [0.2, 0.25) is 0 Å². The number of carboxylic acids is 1. The minimum Gasteiger partial charge on any atom is -0.490 e. The Balaban J connectivity index is 1.52. The van der Waals surface area contributed by atoms with Crippen LogP contribution in [0.15, 0.2) is 41.5 Å². The highest BCUT2D eigenvalue weighted by Crippen LogP contribution is 2.45. The Labute approximate surface area is 214 Å². The van der Waals surface area contributed by atoms with Crippen molar-refractivity contribution >= 4 is 64.2 Å². The van der Waals surface area contributed by atoms with Gasteiger partial charge in [0.2, 0.25) is 0 Å². The molecule has 0 atom stereocenters. The van der Waals surface area contributed by atoms with Gasteiger partial charge in [-0.3, -0.25) is 4.79 Å². The quantitative estimate of drug-likeness (QED) is 0.225. The summed E-state index contributed by atoms with van der Waals surface area (Å²) in [4.78, 5) is 22.9. The Bertz CT molecular complexity index is 997. The Morgan fingerprint density at radius 2 is 1.88 bits per heavy atom. The van der Waals surface area contributed by atoms with E-state index in [0.29, 0.717) is 37.6 Å². The van der Waals surface area contributed by atoms with Crippen LogP contribution in [0.25, 0.3) is 0 Å². The zero-order valence-corrected chi connectivity index (χ0v) is 21.6. The Kier molecular flexibility index (Phi) is 10.0. The molecule has 176 valence electrons. The van der Waals surface area contributed by atoms with E-state index in [1.165, 1.54) is 23.3 Å². The minimum absolute atomic E-state index is 0.159. The van der Waals surface area contributed by atoms with E-state index < -0.39 is 18.5 Å². The molecule has 1 heterocycles. The first kappa shape index (κ1) is 25.5. The Morgan fingerprint density at radius 1 is 1.15 bits per heavy atom. The molecule has 0 saturated carbocycles. The number of carboxylic acid groups (broad SMARTS) is 1. The third-order valence-corrected chi connectivity index (χ3v) is 8.12. The number of amides is 1. The van der Waals surface area contributed by atoms with Crippen molar-refractivity contribution in [2.75, 3.05) is 31.3 Å². The van der Waals surface area contributed by atoms with E-state index in [1.54, 1.807) is 12.1 Å². The fourth-order valence-corrected chi connectivity index (χ4v) is 6.47. The summed E-state index contributed by atoms with van der Waals surface area (Å²) in [5.41, 5.74) is 4.34. The number of carbonyl (C=O) groups excluding carboxylic acids is 1. The number of benzene rings is 2. The molecule has 2 N–H and O–H groups in total. The monoisotopic (exact) mass is 602 g/mol. The van der Waals surface area contributed by atoms with Crippen LogP contribution < -0.4 is 19.6 Å². The second kappa shape index (κ2) is 12.9. The van der Waals surface area contributed by atoms with Crippen LogP contribution >= 0.6 is 46.1 Å². The van der Waals surface area contributed by atoms with Crippen molar-refractivity contribution in [1.82, 2.24) is 5.43 Å². The lowest BCUT2D eigenvalue weighted by molar-refractivity contribution is -0.139. The van der Waals surface area contributed by atoms with Crippen molar-refractivity contribution in [1.29, 1.82) is 0 Å². The molecule has 0 unspecified atom stereocenters. The molecule has 2 aromatic rings. The first-order chi connectivity index (χ1) is 16.0. The average Bonchev–Trinajstić information content (AvgIpc) is 3.32. The summed E-state index contributed by atoms with van der Waals surface area (Å²) in [7, 11) is 0. The topological polar surface area (TPSA) is 106 Å². The van der Waals surface area contributed by atoms with Crippen LogP contribution in [0.5, 0.6) is 17.2 Å². The molecule has 1 saturated heterocycles.